The van der Waals surface area contributed by atoms with Crippen molar-refractivity contribution in [3.63, 3.8) is 0 Å². The largest absolute Gasteiger partial charge is 0.477 e. The Balaban J connectivity index is 2.21. The minimum Gasteiger partial charge on any atom is -0.477 e. The standard InChI is InChI=1S/C14H11BrN4O2/c1-8-4-2-3-5-11(8)18-12-9(14(20)21)6-16-13-10(15)7-17-19(12)13/h2-7,18H,1H3,(H,20,21). The van der Waals surface area contributed by atoms with E-state index in [1.165, 1.54) is 10.7 Å². The average Bonchev–Trinajstić information content (AvgIpc) is 2.83. The maximum Gasteiger partial charge on any atom is 0.341 e. The van der Waals surface area contributed by atoms with Gasteiger partial charge in [-0.25, -0.2) is 9.78 Å². The van der Waals surface area contributed by atoms with Crippen LogP contribution in [0.5, 0.6) is 0 Å². The van der Waals surface area contributed by atoms with Gasteiger partial charge >= 0.3 is 5.97 Å². The van der Waals surface area contributed by atoms with E-state index in [1.54, 1.807) is 6.20 Å². The number of hydrogen-bond acceptors (Lipinski definition) is 4. The Morgan fingerprint density at radius 2 is 2.10 bits per heavy atom. The Kier molecular flexibility index (Phi) is 3.34. The quantitative estimate of drug-likeness (QED) is 0.760. The smallest absolute Gasteiger partial charge is 0.341 e. The van der Waals surface area contributed by atoms with Gasteiger partial charge in [-0.1, -0.05) is 18.2 Å². The molecule has 2 aromatic heterocycles. The number of benzene rings is 1. The van der Waals surface area contributed by atoms with E-state index in [-0.39, 0.29) is 5.56 Å². The van der Waals surface area contributed by atoms with Crippen LogP contribution < -0.4 is 5.32 Å². The third-order valence-electron chi connectivity index (χ3n) is 3.11. The van der Waals surface area contributed by atoms with Crippen molar-refractivity contribution in [1.29, 1.82) is 0 Å². The number of nitrogens with zero attached hydrogens (tertiary/aromatic N) is 3. The molecule has 3 rings (SSSR count). The normalized spacial score (nSPS) is 10.8. The van der Waals surface area contributed by atoms with Crippen molar-refractivity contribution < 1.29 is 9.90 Å². The Labute approximate surface area is 128 Å². The van der Waals surface area contributed by atoms with Crippen molar-refractivity contribution in [3.8, 4) is 0 Å². The fourth-order valence-electron chi connectivity index (χ4n) is 2.02. The number of hydrogen-bond donors (Lipinski definition) is 2. The zero-order valence-corrected chi connectivity index (χ0v) is 12.6. The molecule has 0 bridgehead atoms. The fourth-order valence-corrected chi connectivity index (χ4v) is 2.38. The van der Waals surface area contributed by atoms with E-state index < -0.39 is 5.97 Å². The van der Waals surface area contributed by atoms with Gasteiger partial charge in [0.2, 0.25) is 0 Å². The Morgan fingerprint density at radius 3 is 2.81 bits per heavy atom. The second kappa shape index (κ2) is 5.17. The molecule has 0 saturated carbocycles. The van der Waals surface area contributed by atoms with Crippen LogP contribution in [-0.4, -0.2) is 25.7 Å². The average molecular weight is 347 g/mol. The number of fused-ring (bicyclic) bond motifs is 1. The molecule has 0 aliphatic rings. The molecule has 3 aromatic rings. The maximum atomic E-state index is 11.4. The highest BCUT2D eigenvalue weighted by Gasteiger charge is 2.17. The zero-order valence-electron chi connectivity index (χ0n) is 11.0. The van der Waals surface area contributed by atoms with Crippen LogP contribution >= 0.6 is 15.9 Å². The maximum absolute atomic E-state index is 11.4. The molecule has 21 heavy (non-hydrogen) atoms. The van der Waals surface area contributed by atoms with Crippen LogP contribution in [0.1, 0.15) is 15.9 Å². The summed E-state index contributed by atoms with van der Waals surface area (Å²) in [7, 11) is 0. The molecule has 0 saturated heterocycles. The summed E-state index contributed by atoms with van der Waals surface area (Å²) in [6.45, 7) is 1.94. The third-order valence-corrected chi connectivity index (χ3v) is 3.67. The van der Waals surface area contributed by atoms with Crippen LogP contribution in [0, 0.1) is 6.92 Å². The summed E-state index contributed by atoms with van der Waals surface area (Å²) in [5.41, 5.74) is 2.43. The van der Waals surface area contributed by atoms with Gasteiger partial charge in [0, 0.05) is 11.9 Å². The van der Waals surface area contributed by atoms with E-state index in [0.29, 0.717) is 15.9 Å². The molecule has 6 nitrogen and oxygen atoms in total. The first-order valence-corrected chi connectivity index (χ1v) is 6.95. The number of carboxylic acid groups (broad SMARTS) is 1. The Bertz CT molecular complexity index is 844. The second-order valence-corrected chi connectivity index (χ2v) is 5.35. The molecule has 0 spiro atoms. The first-order valence-electron chi connectivity index (χ1n) is 6.16. The van der Waals surface area contributed by atoms with Crippen molar-refractivity contribution in [2.45, 2.75) is 6.92 Å². The molecule has 106 valence electrons. The summed E-state index contributed by atoms with van der Waals surface area (Å²) in [5.74, 6) is -0.695. The van der Waals surface area contributed by atoms with E-state index in [9.17, 15) is 9.90 Å². The molecule has 2 heterocycles. The number of nitrogens with one attached hydrogen (secondary N) is 1. The lowest BCUT2D eigenvalue weighted by molar-refractivity contribution is 0.0697. The van der Waals surface area contributed by atoms with Crippen molar-refractivity contribution in [3.05, 3.63) is 52.3 Å². The number of halogens is 1. The van der Waals surface area contributed by atoms with Crippen LogP contribution in [-0.2, 0) is 0 Å². The first-order chi connectivity index (χ1) is 10.1. The number of carbonyl (C=O) groups is 1. The highest BCUT2D eigenvalue weighted by Crippen LogP contribution is 2.26. The third kappa shape index (κ3) is 2.36. The molecule has 0 aliphatic carbocycles. The van der Waals surface area contributed by atoms with Gasteiger partial charge in [-0.15, -0.1) is 0 Å². The molecule has 0 amide bonds. The van der Waals surface area contributed by atoms with Crippen molar-refractivity contribution in [2.24, 2.45) is 0 Å². The van der Waals surface area contributed by atoms with Crippen molar-refractivity contribution in [2.75, 3.05) is 5.32 Å². The van der Waals surface area contributed by atoms with Crippen LogP contribution in [0.15, 0.2) is 41.1 Å². The number of carboxylic acids is 1. The van der Waals surface area contributed by atoms with E-state index >= 15 is 0 Å². The summed E-state index contributed by atoms with van der Waals surface area (Å²) in [6, 6.07) is 7.63. The monoisotopic (exact) mass is 346 g/mol. The topological polar surface area (TPSA) is 79.5 Å². The Hall–Kier alpha value is -2.41. The van der Waals surface area contributed by atoms with Crippen LogP contribution in [0.3, 0.4) is 0 Å². The molecular weight excluding hydrogens is 336 g/mol. The molecule has 2 N–H and O–H groups in total. The fraction of sp³-hybridized carbons (Fsp3) is 0.0714. The number of aromatic nitrogens is 3. The predicted octanol–water partition coefficient (Wildman–Crippen LogP) is 3.24. The lowest BCUT2D eigenvalue weighted by Crippen LogP contribution is -2.10. The minimum atomic E-state index is -1.06. The summed E-state index contributed by atoms with van der Waals surface area (Å²) < 4.78 is 2.17. The first kappa shape index (κ1) is 13.6. The molecule has 0 fully saturated rings. The highest BCUT2D eigenvalue weighted by atomic mass is 79.9. The molecule has 0 atom stereocenters. The lowest BCUT2D eigenvalue weighted by Gasteiger charge is -2.13. The van der Waals surface area contributed by atoms with Gasteiger partial charge in [-0.05, 0) is 34.5 Å². The molecule has 1 aromatic carbocycles. The van der Waals surface area contributed by atoms with E-state index in [2.05, 4.69) is 31.3 Å². The number of aryl methyl sites for hydroxylation is 1. The molecular formula is C14H11BrN4O2. The number of para-hydroxylation sites is 1. The summed E-state index contributed by atoms with van der Waals surface area (Å²) in [4.78, 5) is 15.5. The molecule has 0 unspecified atom stereocenters. The predicted molar refractivity (Wildman–Crippen MR) is 82.1 cm³/mol. The lowest BCUT2D eigenvalue weighted by atomic mass is 10.2. The van der Waals surface area contributed by atoms with Crippen LogP contribution in [0.2, 0.25) is 0 Å². The van der Waals surface area contributed by atoms with Gasteiger partial charge in [0.15, 0.2) is 11.5 Å². The zero-order chi connectivity index (χ0) is 15.0. The summed E-state index contributed by atoms with van der Waals surface area (Å²) in [6.07, 6.45) is 2.90. The number of anilines is 2. The van der Waals surface area contributed by atoms with Gasteiger partial charge < -0.3 is 10.4 Å². The van der Waals surface area contributed by atoms with Crippen LogP contribution in [0.4, 0.5) is 11.5 Å². The summed E-state index contributed by atoms with van der Waals surface area (Å²) in [5, 5.41) is 16.7. The number of rotatable bonds is 3. The van der Waals surface area contributed by atoms with Crippen LogP contribution in [0.25, 0.3) is 5.65 Å². The van der Waals surface area contributed by atoms with E-state index in [0.717, 1.165) is 11.3 Å². The van der Waals surface area contributed by atoms with E-state index in [1.807, 2.05) is 31.2 Å². The Morgan fingerprint density at radius 1 is 1.33 bits per heavy atom. The van der Waals surface area contributed by atoms with Crippen molar-refractivity contribution in [1.82, 2.24) is 14.6 Å². The van der Waals surface area contributed by atoms with E-state index in [4.69, 9.17) is 0 Å². The number of aromatic carboxylic acids is 1. The van der Waals surface area contributed by atoms with Gasteiger partial charge in [-0.2, -0.15) is 9.61 Å². The SMILES string of the molecule is Cc1ccccc1Nc1c(C(=O)O)cnc2c(Br)cnn12. The van der Waals surface area contributed by atoms with Gasteiger partial charge in [0.25, 0.3) is 0 Å². The van der Waals surface area contributed by atoms with Crippen molar-refractivity contribution >= 4 is 39.1 Å². The highest BCUT2D eigenvalue weighted by molar-refractivity contribution is 9.10. The second-order valence-electron chi connectivity index (χ2n) is 4.49. The molecule has 7 heteroatoms. The summed E-state index contributed by atoms with van der Waals surface area (Å²) >= 11 is 3.34. The molecule has 0 radical (unpaired) electrons. The van der Waals surface area contributed by atoms with Gasteiger partial charge in [0.1, 0.15) is 5.56 Å². The minimum absolute atomic E-state index is 0.0568. The van der Waals surface area contributed by atoms with Gasteiger partial charge in [0.05, 0.1) is 10.7 Å². The molecule has 0 aliphatic heterocycles. The van der Waals surface area contributed by atoms with Gasteiger partial charge in [-0.3, -0.25) is 0 Å².